The molecule has 0 bridgehead atoms. The highest BCUT2D eigenvalue weighted by atomic mass is 32.1. The number of nitrogens with zero attached hydrogens (tertiary/aromatic N) is 1. The van der Waals surface area contributed by atoms with E-state index in [9.17, 15) is 4.79 Å². The Morgan fingerprint density at radius 2 is 1.97 bits per heavy atom. The number of fused-ring (bicyclic) bond motifs is 1. The number of hydrogen-bond donors (Lipinski definition) is 1. The first-order valence-electron chi connectivity index (χ1n) is 10.8. The van der Waals surface area contributed by atoms with Crippen molar-refractivity contribution < 1.29 is 14.3 Å². The Kier molecular flexibility index (Phi) is 7.34. The number of carbonyl (C=O) groups is 1. The van der Waals surface area contributed by atoms with Gasteiger partial charge in [-0.15, -0.1) is 11.3 Å². The molecule has 3 aromatic rings. The Morgan fingerprint density at radius 1 is 1.19 bits per heavy atom. The fourth-order valence-electron chi connectivity index (χ4n) is 3.94. The van der Waals surface area contributed by atoms with Crippen LogP contribution in [0.5, 0.6) is 0 Å². The van der Waals surface area contributed by atoms with Gasteiger partial charge in [0.25, 0.3) is 0 Å². The van der Waals surface area contributed by atoms with Gasteiger partial charge in [-0.05, 0) is 69.9 Å². The SMILES string of the molecule is CCOC(C)(C)c1ccc(C(CC)CC(=O)OC)cc1Nc1ccc2nc(C)sc2c1. The van der Waals surface area contributed by atoms with Crippen molar-refractivity contribution in [2.45, 2.75) is 59.0 Å². The summed E-state index contributed by atoms with van der Waals surface area (Å²) in [5.41, 5.74) is 4.74. The topological polar surface area (TPSA) is 60.5 Å². The molecular weight excluding hydrogens is 408 g/mol. The number of carbonyl (C=O) groups excluding carboxylic acids is 1. The highest BCUT2D eigenvalue weighted by Gasteiger charge is 2.26. The summed E-state index contributed by atoms with van der Waals surface area (Å²) >= 11 is 1.69. The number of hydrogen-bond acceptors (Lipinski definition) is 6. The zero-order chi connectivity index (χ0) is 22.6. The minimum Gasteiger partial charge on any atom is -0.469 e. The van der Waals surface area contributed by atoms with Gasteiger partial charge in [0.2, 0.25) is 0 Å². The number of rotatable bonds is 9. The van der Waals surface area contributed by atoms with Crippen molar-refractivity contribution in [3.8, 4) is 0 Å². The minimum absolute atomic E-state index is 0.101. The second-order valence-electron chi connectivity index (χ2n) is 8.17. The summed E-state index contributed by atoms with van der Waals surface area (Å²) in [6.45, 7) is 10.9. The lowest BCUT2D eigenvalue weighted by Gasteiger charge is -2.29. The quantitative estimate of drug-likeness (QED) is 0.376. The van der Waals surface area contributed by atoms with Gasteiger partial charge in [0.05, 0.1) is 34.4 Å². The Hall–Kier alpha value is -2.44. The smallest absolute Gasteiger partial charge is 0.306 e. The van der Waals surface area contributed by atoms with Crippen LogP contribution in [0.15, 0.2) is 36.4 Å². The fraction of sp³-hybridized carbons (Fsp3) is 0.440. The van der Waals surface area contributed by atoms with Crippen molar-refractivity contribution in [2.75, 3.05) is 19.0 Å². The van der Waals surface area contributed by atoms with Crippen molar-refractivity contribution in [1.82, 2.24) is 4.98 Å². The van der Waals surface area contributed by atoms with Crippen LogP contribution in [0.3, 0.4) is 0 Å². The molecule has 1 aromatic heterocycles. The Balaban J connectivity index is 2.02. The molecule has 0 spiro atoms. The van der Waals surface area contributed by atoms with Crippen molar-refractivity contribution in [2.24, 2.45) is 0 Å². The van der Waals surface area contributed by atoms with Gasteiger partial charge >= 0.3 is 5.97 Å². The molecule has 2 aromatic carbocycles. The summed E-state index contributed by atoms with van der Waals surface area (Å²) in [6, 6.07) is 12.6. The van der Waals surface area contributed by atoms with Crippen molar-refractivity contribution >= 4 is 38.9 Å². The first-order valence-corrected chi connectivity index (χ1v) is 11.6. The molecule has 0 aliphatic carbocycles. The van der Waals surface area contributed by atoms with E-state index in [1.807, 2.05) is 19.9 Å². The van der Waals surface area contributed by atoms with E-state index in [1.165, 1.54) is 7.11 Å². The highest BCUT2D eigenvalue weighted by Crippen LogP contribution is 2.37. The van der Waals surface area contributed by atoms with E-state index in [0.29, 0.717) is 13.0 Å². The van der Waals surface area contributed by atoms with E-state index in [-0.39, 0.29) is 11.9 Å². The van der Waals surface area contributed by atoms with Crippen LogP contribution in [0.25, 0.3) is 10.2 Å². The van der Waals surface area contributed by atoms with Gasteiger partial charge in [-0.25, -0.2) is 4.98 Å². The van der Waals surface area contributed by atoms with Gasteiger partial charge in [-0.3, -0.25) is 4.79 Å². The molecule has 5 nitrogen and oxygen atoms in total. The van der Waals surface area contributed by atoms with Crippen LogP contribution >= 0.6 is 11.3 Å². The number of esters is 1. The van der Waals surface area contributed by atoms with Crippen LogP contribution in [-0.4, -0.2) is 24.7 Å². The molecule has 1 unspecified atom stereocenters. The lowest BCUT2D eigenvalue weighted by molar-refractivity contribution is -0.141. The maximum Gasteiger partial charge on any atom is 0.306 e. The number of aryl methyl sites for hydroxylation is 1. The average Bonchev–Trinajstić information content (AvgIpc) is 3.10. The van der Waals surface area contributed by atoms with Gasteiger partial charge in [-0.1, -0.05) is 19.1 Å². The van der Waals surface area contributed by atoms with E-state index < -0.39 is 5.60 Å². The van der Waals surface area contributed by atoms with Crippen molar-refractivity contribution in [1.29, 1.82) is 0 Å². The number of methoxy groups -OCH3 is 1. The molecular formula is C25H32N2O3S. The number of anilines is 2. The number of ether oxygens (including phenoxy) is 2. The summed E-state index contributed by atoms with van der Waals surface area (Å²) < 4.78 is 12.1. The number of nitrogens with one attached hydrogen (secondary N) is 1. The van der Waals surface area contributed by atoms with E-state index in [4.69, 9.17) is 9.47 Å². The average molecular weight is 441 g/mol. The molecule has 0 aliphatic rings. The minimum atomic E-state index is -0.454. The fourth-order valence-corrected chi connectivity index (χ4v) is 4.80. The molecule has 0 fully saturated rings. The number of benzene rings is 2. The van der Waals surface area contributed by atoms with Crippen molar-refractivity contribution in [3.05, 3.63) is 52.5 Å². The van der Waals surface area contributed by atoms with E-state index >= 15 is 0 Å². The predicted octanol–water partition coefficient (Wildman–Crippen LogP) is 6.68. The Bertz CT molecular complexity index is 1060. The van der Waals surface area contributed by atoms with Crippen LogP contribution in [0.2, 0.25) is 0 Å². The van der Waals surface area contributed by atoms with Gasteiger partial charge in [0.1, 0.15) is 0 Å². The largest absolute Gasteiger partial charge is 0.469 e. The maximum atomic E-state index is 11.9. The molecule has 166 valence electrons. The molecule has 0 aliphatic heterocycles. The second-order valence-corrected chi connectivity index (χ2v) is 9.41. The summed E-state index contributed by atoms with van der Waals surface area (Å²) in [4.78, 5) is 16.5. The van der Waals surface area contributed by atoms with Crippen LogP contribution in [0.1, 0.15) is 62.6 Å². The molecule has 1 N–H and O–H groups in total. The molecule has 3 rings (SSSR count). The molecule has 0 saturated carbocycles. The second kappa shape index (κ2) is 9.79. The van der Waals surface area contributed by atoms with E-state index in [1.54, 1.807) is 11.3 Å². The molecule has 1 heterocycles. The summed E-state index contributed by atoms with van der Waals surface area (Å²) in [7, 11) is 1.44. The molecule has 0 amide bonds. The van der Waals surface area contributed by atoms with Gasteiger partial charge < -0.3 is 14.8 Å². The predicted molar refractivity (Wildman–Crippen MR) is 128 cm³/mol. The third-order valence-corrected chi connectivity index (χ3v) is 6.51. The van der Waals surface area contributed by atoms with Crippen LogP contribution in [-0.2, 0) is 19.9 Å². The van der Waals surface area contributed by atoms with Crippen LogP contribution in [0.4, 0.5) is 11.4 Å². The lowest BCUT2D eigenvalue weighted by Crippen LogP contribution is -2.23. The maximum absolute atomic E-state index is 11.9. The molecule has 31 heavy (non-hydrogen) atoms. The molecule has 0 saturated heterocycles. The van der Waals surface area contributed by atoms with Gasteiger partial charge in [-0.2, -0.15) is 0 Å². The van der Waals surface area contributed by atoms with E-state index in [2.05, 4.69) is 61.4 Å². The first-order chi connectivity index (χ1) is 14.8. The number of thiazole rings is 1. The summed E-state index contributed by atoms with van der Waals surface area (Å²) in [5.74, 6) is -0.0880. The van der Waals surface area contributed by atoms with Crippen molar-refractivity contribution in [3.63, 3.8) is 0 Å². The number of aromatic nitrogens is 1. The van der Waals surface area contributed by atoms with Crippen LogP contribution < -0.4 is 5.32 Å². The molecule has 1 atom stereocenters. The third-order valence-electron chi connectivity index (χ3n) is 5.58. The standard InChI is InChI=1S/C25H32N2O3S/c1-7-17(14-24(28)29-6)18-9-11-20(25(4,5)30-8-2)22(13-18)27-19-10-12-21-23(15-19)31-16(3)26-21/h9-13,15,17,27H,7-8,14H2,1-6H3. The van der Waals surface area contributed by atoms with E-state index in [0.717, 1.165) is 44.1 Å². The highest BCUT2D eigenvalue weighted by molar-refractivity contribution is 7.18. The first kappa shape index (κ1) is 23.2. The Morgan fingerprint density at radius 3 is 2.65 bits per heavy atom. The summed E-state index contributed by atoms with van der Waals surface area (Å²) in [6.07, 6.45) is 1.22. The normalized spacial score (nSPS) is 12.7. The lowest BCUT2D eigenvalue weighted by atomic mass is 9.88. The van der Waals surface area contributed by atoms with Gasteiger partial charge in [0, 0.05) is 23.5 Å². The molecule has 6 heteroatoms. The molecule has 0 radical (unpaired) electrons. The van der Waals surface area contributed by atoms with Gasteiger partial charge in [0.15, 0.2) is 0 Å². The zero-order valence-corrected chi connectivity index (χ0v) is 20.1. The zero-order valence-electron chi connectivity index (χ0n) is 19.2. The van der Waals surface area contributed by atoms with Crippen LogP contribution in [0, 0.1) is 6.92 Å². The summed E-state index contributed by atoms with van der Waals surface area (Å²) in [5, 5.41) is 4.66. The monoisotopic (exact) mass is 440 g/mol. The Labute approximate surface area is 188 Å². The third kappa shape index (κ3) is 5.43.